The molecule has 14 heavy (non-hydrogen) atoms. The van der Waals surface area contributed by atoms with Crippen molar-refractivity contribution in [2.75, 3.05) is 18.5 Å². The average Bonchev–Trinajstić information content (AvgIpc) is 2.67. The number of halogens is 1. The van der Waals surface area contributed by atoms with Crippen molar-refractivity contribution in [3.8, 4) is 0 Å². The van der Waals surface area contributed by atoms with Gasteiger partial charge >= 0.3 is 0 Å². The van der Waals surface area contributed by atoms with Crippen molar-refractivity contribution in [2.45, 2.75) is 6.92 Å². The van der Waals surface area contributed by atoms with Crippen LogP contribution in [0.3, 0.4) is 0 Å². The van der Waals surface area contributed by atoms with E-state index >= 15 is 0 Å². The first-order valence-corrected chi connectivity index (χ1v) is 6.14. The molecule has 0 fully saturated rings. The van der Waals surface area contributed by atoms with Crippen LogP contribution in [0.2, 0.25) is 0 Å². The molecule has 0 amide bonds. The summed E-state index contributed by atoms with van der Waals surface area (Å²) in [4.78, 5) is 6.60. The SMILES string of the molecule is CCN(C)c1ncc(Br)c2ccsc12. The van der Waals surface area contributed by atoms with Crippen LogP contribution in [0.15, 0.2) is 22.1 Å². The Bertz CT molecular complexity index is 452. The fraction of sp³-hybridized carbons (Fsp3) is 0.300. The summed E-state index contributed by atoms with van der Waals surface area (Å²) in [6.45, 7) is 3.10. The quantitative estimate of drug-likeness (QED) is 0.830. The molecule has 0 aliphatic carbocycles. The Morgan fingerprint density at radius 2 is 2.36 bits per heavy atom. The number of anilines is 1. The minimum Gasteiger partial charge on any atom is -0.359 e. The second kappa shape index (κ2) is 3.87. The lowest BCUT2D eigenvalue weighted by molar-refractivity contribution is 0.947. The van der Waals surface area contributed by atoms with Gasteiger partial charge in [0.05, 0.1) is 4.70 Å². The number of hydrogen-bond acceptors (Lipinski definition) is 3. The lowest BCUT2D eigenvalue weighted by atomic mass is 10.3. The average molecular weight is 271 g/mol. The first kappa shape index (κ1) is 9.93. The van der Waals surface area contributed by atoms with E-state index in [-0.39, 0.29) is 0 Å². The van der Waals surface area contributed by atoms with E-state index in [1.54, 1.807) is 11.3 Å². The van der Waals surface area contributed by atoms with Gasteiger partial charge in [-0.1, -0.05) is 0 Å². The Kier molecular flexibility index (Phi) is 2.74. The molecule has 2 heterocycles. The third-order valence-corrected chi connectivity index (χ3v) is 3.80. The number of pyridine rings is 1. The van der Waals surface area contributed by atoms with Gasteiger partial charge in [-0.2, -0.15) is 0 Å². The van der Waals surface area contributed by atoms with Gasteiger partial charge in [-0.15, -0.1) is 11.3 Å². The summed E-state index contributed by atoms with van der Waals surface area (Å²) >= 11 is 5.24. The van der Waals surface area contributed by atoms with Crippen molar-refractivity contribution in [1.29, 1.82) is 0 Å². The predicted molar refractivity (Wildman–Crippen MR) is 66.3 cm³/mol. The number of aromatic nitrogens is 1. The maximum absolute atomic E-state index is 4.44. The van der Waals surface area contributed by atoms with E-state index in [4.69, 9.17) is 0 Å². The van der Waals surface area contributed by atoms with Crippen molar-refractivity contribution in [3.05, 3.63) is 22.1 Å². The molecule has 4 heteroatoms. The molecule has 2 aromatic heterocycles. The molecule has 0 bridgehead atoms. The standard InChI is InChI=1S/C10H11BrN2S/c1-3-13(2)10-9-7(4-5-14-9)8(11)6-12-10/h4-6H,3H2,1-2H3. The van der Waals surface area contributed by atoms with E-state index in [9.17, 15) is 0 Å². The summed E-state index contributed by atoms with van der Waals surface area (Å²) in [6.07, 6.45) is 1.87. The van der Waals surface area contributed by atoms with Crippen molar-refractivity contribution < 1.29 is 0 Å². The van der Waals surface area contributed by atoms with Crippen molar-refractivity contribution in [2.24, 2.45) is 0 Å². The molecule has 0 radical (unpaired) electrons. The maximum Gasteiger partial charge on any atom is 0.146 e. The van der Waals surface area contributed by atoms with Crippen LogP contribution in [0.5, 0.6) is 0 Å². The Labute approximate surface area is 95.7 Å². The molecule has 74 valence electrons. The van der Waals surface area contributed by atoms with Gasteiger partial charge in [0, 0.05) is 29.6 Å². The lowest BCUT2D eigenvalue weighted by Gasteiger charge is -2.16. The molecule has 0 aliphatic rings. The summed E-state index contributed by atoms with van der Waals surface area (Å²) in [5.41, 5.74) is 0. The van der Waals surface area contributed by atoms with Gasteiger partial charge < -0.3 is 4.90 Å². The maximum atomic E-state index is 4.44. The Morgan fingerprint density at radius 3 is 3.07 bits per heavy atom. The van der Waals surface area contributed by atoms with Crippen LogP contribution in [-0.2, 0) is 0 Å². The molecule has 2 rings (SSSR count). The number of thiophene rings is 1. The van der Waals surface area contributed by atoms with Gasteiger partial charge in [-0.05, 0) is 34.3 Å². The zero-order valence-electron chi connectivity index (χ0n) is 8.12. The predicted octanol–water partition coefficient (Wildman–Crippen LogP) is 3.51. The highest BCUT2D eigenvalue weighted by Gasteiger charge is 2.09. The highest BCUT2D eigenvalue weighted by atomic mass is 79.9. The Balaban J connectivity index is 2.66. The molecule has 0 spiro atoms. The van der Waals surface area contributed by atoms with Crippen molar-refractivity contribution in [1.82, 2.24) is 4.98 Å². The summed E-state index contributed by atoms with van der Waals surface area (Å²) in [5.74, 6) is 1.07. The van der Waals surface area contributed by atoms with E-state index in [2.05, 4.69) is 51.2 Å². The first-order chi connectivity index (χ1) is 6.74. The van der Waals surface area contributed by atoms with Crippen LogP contribution in [0.25, 0.3) is 10.1 Å². The topological polar surface area (TPSA) is 16.1 Å². The van der Waals surface area contributed by atoms with Gasteiger partial charge in [-0.25, -0.2) is 4.98 Å². The van der Waals surface area contributed by atoms with Crippen LogP contribution < -0.4 is 4.90 Å². The van der Waals surface area contributed by atoms with Gasteiger partial charge in [-0.3, -0.25) is 0 Å². The van der Waals surface area contributed by atoms with Gasteiger partial charge in [0.1, 0.15) is 5.82 Å². The Hall–Kier alpha value is -0.610. The van der Waals surface area contributed by atoms with Gasteiger partial charge in [0.25, 0.3) is 0 Å². The summed E-state index contributed by atoms with van der Waals surface area (Å²) < 4.78 is 2.32. The van der Waals surface area contributed by atoms with Crippen LogP contribution in [0.4, 0.5) is 5.82 Å². The summed E-state index contributed by atoms with van der Waals surface area (Å²) in [6, 6.07) is 2.12. The van der Waals surface area contributed by atoms with E-state index < -0.39 is 0 Å². The number of rotatable bonds is 2. The fourth-order valence-corrected chi connectivity index (χ4v) is 2.86. The molecule has 0 unspecified atom stereocenters. The van der Waals surface area contributed by atoms with E-state index in [1.165, 1.54) is 10.1 Å². The van der Waals surface area contributed by atoms with E-state index in [0.29, 0.717) is 0 Å². The molecule has 2 nitrogen and oxygen atoms in total. The number of fused-ring (bicyclic) bond motifs is 1. The molecule has 0 aromatic carbocycles. The highest BCUT2D eigenvalue weighted by Crippen LogP contribution is 2.33. The third kappa shape index (κ3) is 1.53. The lowest BCUT2D eigenvalue weighted by Crippen LogP contribution is -2.17. The minimum absolute atomic E-state index is 0.974. The van der Waals surface area contributed by atoms with Crippen LogP contribution in [-0.4, -0.2) is 18.6 Å². The summed E-state index contributed by atoms with van der Waals surface area (Å²) in [5, 5.41) is 3.35. The number of hydrogen-bond donors (Lipinski definition) is 0. The molecule has 0 N–H and O–H groups in total. The van der Waals surface area contributed by atoms with Crippen LogP contribution in [0.1, 0.15) is 6.92 Å². The normalized spacial score (nSPS) is 10.8. The molecule has 0 saturated heterocycles. The van der Waals surface area contributed by atoms with Crippen LogP contribution in [0, 0.1) is 0 Å². The Morgan fingerprint density at radius 1 is 1.57 bits per heavy atom. The first-order valence-electron chi connectivity index (χ1n) is 4.47. The van der Waals surface area contributed by atoms with Gasteiger partial charge in [0.15, 0.2) is 0 Å². The fourth-order valence-electron chi connectivity index (χ4n) is 1.34. The highest BCUT2D eigenvalue weighted by molar-refractivity contribution is 9.10. The molecule has 0 saturated carbocycles. The van der Waals surface area contributed by atoms with E-state index in [1.807, 2.05) is 6.20 Å². The smallest absolute Gasteiger partial charge is 0.146 e. The molecule has 2 aromatic rings. The molecular formula is C10H11BrN2S. The van der Waals surface area contributed by atoms with Gasteiger partial charge in [0.2, 0.25) is 0 Å². The van der Waals surface area contributed by atoms with Crippen molar-refractivity contribution >= 4 is 43.2 Å². The summed E-state index contributed by atoms with van der Waals surface area (Å²) in [7, 11) is 2.06. The third-order valence-electron chi connectivity index (χ3n) is 2.26. The molecule has 0 atom stereocenters. The molecule has 0 aliphatic heterocycles. The second-order valence-corrected chi connectivity index (χ2v) is 4.88. The minimum atomic E-state index is 0.974. The largest absolute Gasteiger partial charge is 0.359 e. The van der Waals surface area contributed by atoms with E-state index in [0.717, 1.165) is 16.8 Å². The van der Waals surface area contributed by atoms with Crippen molar-refractivity contribution in [3.63, 3.8) is 0 Å². The monoisotopic (exact) mass is 270 g/mol. The second-order valence-electron chi connectivity index (χ2n) is 3.11. The zero-order valence-corrected chi connectivity index (χ0v) is 10.5. The number of nitrogens with zero attached hydrogens (tertiary/aromatic N) is 2. The zero-order chi connectivity index (χ0) is 10.1. The van der Waals surface area contributed by atoms with Crippen LogP contribution >= 0.6 is 27.3 Å². The molecular weight excluding hydrogens is 260 g/mol.